The minimum absolute atomic E-state index is 0.0375. The number of pyridine rings is 1. The number of Topliss-reactive ketones (excluding diaryl/α,β-unsaturated/α-hetero) is 1. The summed E-state index contributed by atoms with van der Waals surface area (Å²) in [6, 6.07) is 3.73. The molecule has 1 fully saturated rings. The van der Waals surface area contributed by atoms with Gasteiger partial charge in [0.05, 0.1) is 6.54 Å². The SMILES string of the molecule is O=C1CCCN(c2cccc(C(F)(F)F)n2)C1. The van der Waals surface area contributed by atoms with E-state index < -0.39 is 11.9 Å². The van der Waals surface area contributed by atoms with E-state index in [4.69, 9.17) is 0 Å². The zero-order chi connectivity index (χ0) is 12.5. The molecule has 0 bridgehead atoms. The molecule has 0 amide bonds. The van der Waals surface area contributed by atoms with E-state index in [-0.39, 0.29) is 18.1 Å². The molecule has 1 aromatic heterocycles. The van der Waals surface area contributed by atoms with Crippen LogP contribution in [0.4, 0.5) is 19.0 Å². The first-order valence-electron chi connectivity index (χ1n) is 5.28. The Morgan fingerprint density at radius 2 is 2.06 bits per heavy atom. The summed E-state index contributed by atoms with van der Waals surface area (Å²) in [5.74, 6) is 0.253. The first kappa shape index (κ1) is 11.9. The number of carbonyl (C=O) groups is 1. The maximum absolute atomic E-state index is 12.5. The number of alkyl halides is 3. The summed E-state index contributed by atoms with van der Waals surface area (Å²) in [5, 5.41) is 0. The van der Waals surface area contributed by atoms with Crippen molar-refractivity contribution in [1.29, 1.82) is 0 Å². The Labute approximate surface area is 96.3 Å². The molecule has 2 rings (SSSR count). The van der Waals surface area contributed by atoms with Gasteiger partial charge in [0.1, 0.15) is 11.5 Å². The maximum atomic E-state index is 12.5. The van der Waals surface area contributed by atoms with E-state index in [1.54, 1.807) is 4.90 Å². The van der Waals surface area contributed by atoms with Gasteiger partial charge < -0.3 is 4.90 Å². The normalized spacial score (nSPS) is 17.4. The predicted octanol–water partition coefficient (Wildman–Crippen LogP) is 2.27. The van der Waals surface area contributed by atoms with Crippen molar-refractivity contribution in [2.24, 2.45) is 0 Å². The number of hydrogen-bond donors (Lipinski definition) is 0. The van der Waals surface area contributed by atoms with Gasteiger partial charge in [-0.3, -0.25) is 4.79 Å². The third kappa shape index (κ3) is 2.75. The van der Waals surface area contributed by atoms with Crippen LogP contribution in [-0.4, -0.2) is 23.9 Å². The van der Waals surface area contributed by atoms with Crippen molar-refractivity contribution in [1.82, 2.24) is 4.98 Å². The van der Waals surface area contributed by atoms with E-state index >= 15 is 0 Å². The van der Waals surface area contributed by atoms with Crippen LogP contribution >= 0.6 is 0 Å². The fraction of sp³-hybridized carbons (Fsp3) is 0.455. The number of aromatic nitrogens is 1. The second-order valence-electron chi connectivity index (χ2n) is 3.94. The molecule has 1 aliphatic heterocycles. The number of piperidine rings is 1. The van der Waals surface area contributed by atoms with Crippen LogP contribution in [-0.2, 0) is 11.0 Å². The Kier molecular flexibility index (Phi) is 3.04. The number of ketones is 1. The van der Waals surface area contributed by atoms with Gasteiger partial charge in [-0.2, -0.15) is 13.2 Å². The number of halogens is 3. The molecule has 17 heavy (non-hydrogen) atoms. The van der Waals surface area contributed by atoms with Crippen LogP contribution in [0.5, 0.6) is 0 Å². The number of carbonyl (C=O) groups excluding carboxylic acids is 1. The third-order valence-electron chi connectivity index (χ3n) is 2.60. The molecule has 3 nitrogen and oxygen atoms in total. The van der Waals surface area contributed by atoms with Crippen LogP contribution in [0.3, 0.4) is 0 Å². The van der Waals surface area contributed by atoms with Crippen molar-refractivity contribution in [3.8, 4) is 0 Å². The average molecular weight is 244 g/mol. The molecule has 0 aliphatic carbocycles. The predicted molar refractivity (Wildman–Crippen MR) is 55.7 cm³/mol. The van der Waals surface area contributed by atoms with Gasteiger partial charge in [-0.25, -0.2) is 4.98 Å². The minimum atomic E-state index is -4.45. The van der Waals surface area contributed by atoms with E-state index in [0.29, 0.717) is 19.4 Å². The molecule has 1 aliphatic rings. The summed E-state index contributed by atoms with van der Waals surface area (Å²) in [5.41, 5.74) is -0.923. The Hall–Kier alpha value is -1.59. The van der Waals surface area contributed by atoms with Crippen molar-refractivity contribution < 1.29 is 18.0 Å². The van der Waals surface area contributed by atoms with Gasteiger partial charge in [-0.05, 0) is 18.6 Å². The van der Waals surface area contributed by atoms with E-state index in [0.717, 1.165) is 6.07 Å². The molecule has 0 atom stereocenters. The van der Waals surface area contributed by atoms with Crippen LogP contribution < -0.4 is 4.90 Å². The average Bonchev–Trinajstić information content (AvgIpc) is 2.28. The van der Waals surface area contributed by atoms with Gasteiger partial charge in [0, 0.05) is 13.0 Å². The largest absolute Gasteiger partial charge is 0.433 e. The lowest BCUT2D eigenvalue weighted by Gasteiger charge is -2.27. The highest BCUT2D eigenvalue weighted by Crippen LogP contribution is 2.29. The van der Waals surface area contributed by atoms with E-state index in [2.05, 4.69) is 4.98 Å². The van der Waals surface area contributed by atoms with Crippen LogP contribution in [0.1, 0.15) is 18.5 Å². The molecule has 1 aromatic rings. The fourth-order valence-electron chi connectivity index (χ4n) is 1.79. The zero-order valence-corrected chi connectivity index (χ0v) is 9.00. The smallest absolute Gasteiger partial charge is 0.349 e. The number of rotatable bonds is 1. The van der Waals surface area contributed by atoms with Crippen molar-refractivity contribution in [3.05, 3.63) is 23.9 Å². The molecule has 6 heteroatoms. The standard InChI is InChI=1S/C11H11F3N2O/c12-11(13,14)9-4-1-5-10(15-9)16-6-2-3-8(17)7-16/h1,4-5H,2-3,6-7H2. The molecule has 0 N–H and O–H groups in total. The maximum Gasteiger partial charge on any atom is 0.433 e. The van der Waals surface area contributed by atoms with E-state index in [1.807, 2.05) is 0 Å². The topological polar surface area (TPSA) is 33.2 Å². The summed E-state index contributed by atoms with van der Waals surface area (Å²) in [6.07, 6.45) is -3.29. The van der Waals surface area contributed by atoms with Crippen LogP contribution in [0.25, 0.3) is 0 Å². The fourth-order valence-corrected chi connectivity index (χ4v) is 1.79. The highest BCUT2D eigenvalue weighted by atomic mass is 19.4. The molecule has 92 valence electrons. The van der Waals surface area contributed by atoms with Crippen LogP contribution in [0.2, 0.25) is 0 Å². The second-order valence-corrected chi connectivity index (χ2v) is 3.94. The summed E-state index contributed by atoms with van der Waals surface area (Å²) >= 11 is 0. The van der Waals surface area contributed by atoms with Crippen molar-refractivity contribution in [2.45, 2.75) is 19.0 Å². The number of anilines is 1. The minimum Gasteiger partial charge on any atom is -0.349 e. The second kappa shape index (κ2) is 4.35. The van der Waals surface area contributed by atoms with Gasteiger partial charge in [0.25, 0.3) is 0 Å². The summed E-state index contributed by atoms with van der Waals surface area (Å²) < 4.78 is 37.4. The highest BCUT2D eigenvalue weighted by Gasteiger charge is 2.33. The molecule has 0 spiro atoms. The lowest BCUT2D eigenvalue weighted by molar-refractivity contribution is -0.141. The number of hydrogen-bond acceptors (Lipinski definition) is 3. The van der Waals surface area contributed by atoms with Crippen molar-refractivity contribution >= 4 is 11.6 Å². The molecule has 2 heterocycles. The molecule has 1 saturated heterocycles. The van der Waals surface area contributed by atoms with Gasteiger partial charge in [0.2, 0.25) is 0 Å². The van der Waals surface area contributed by atoms with Gasteiger partial charge >= 0.3 is 6.18 Å². The van der Waals surface area contributed by atoms with Crippen LogP contribution in [0, 0.1) is 0 Å². The summed E-state index contributed by atoms with van der Waals surface area (Å²) in [6.45, 7) is 0.717. The van der Waals surface area contributed by atoms with E-state index in [1.165, 1.54) is 12.1 Å². The number of nitrogens with zero attached hydrogens (tertiary/aromatic N) is 2. The Balaban J connectivity index is 2.24. The quantitative estimate of drug-likeness (QED) is 0.759. The molecular weight excluding hydrogens is 233 g/mol. The first-order chi connectivity index (χ1) is 7.97. The lowest BCUT2D eigenvalue weighted by Crippen LogP contribution is -2.36. The molecular formula is C11H11F3N2O. The first-order valence-corrected chi connectivity index (χ1v) is 5.28. The molecule has 0 radical (unpaired) electrons. The third-order valence-corrected chi connectivity index (χ3v) is 2.60. The van der Waals surface area contributed by atoms with Gasteiger partial charge in [-0.1, -0.05) is 6.07 Å². The van der Waals surface area contributed by atoms with Crippen molar-refractivity contribution in [2.75, 3.05) is 18.0 Å². The summed E-state index contributed by atoms with van der Waals surface area (Å²) in [4.78, 5) is 16.4. The lowest BCUT2D eigenvalue weighted by atomic mass is 10.1. The van der Waals surface area contributed by atoms with Crippen LogP contribution in [0.15, 0.2) is 18.2 Å². The zero-order valence-electron chi connectivity index (χ0n) is 9.00. The molecule has 0 saturated carbocycles. The Morgan fingerprint density at radius 1 is 1.29 bits per heavy atom. The summed E-state index contributed by atoms with van der Waals surface area (Å²) in [7, 11) is 0. The monoisotopic (exact) mass is 244 g/mol. The highest BCUT2D eigenvalue weighted by molar-refractivity contribution is 5.84. The Morgan fingerprint density at radius 3 is 2.71 bits per heavy atom. The Bertz CT molecular complexity index is 431. The van der Waals surface area contributed by atoms with Gasteiger partial charge in [0.15, 0.2) is 5.78 Å². The van der Waals surface area contributed by atoms with Gasteiger partial charge in [-0.15, -0.1) is 0 Å². The van der Waals surface area contributed by atoms with Crippen molar-refractivity contribution in [3.63, 3.8) is 0 Å². The van der Waals surface area contributed by atoms with E-state index in [9.17, 15) is 18.0 Å². The molecule has 0 aromatic carbocycles. The molecule has 0 unspecified atom stereocenters.